The summed E-state index contributed by atoms with van der Waals surface area (Å²) in [5, 5.41) is 12.4. The Hall–Kier alpha value is -7.04. The van der Waals surface area contributed by atoms with E-state index in [1.54, 1.807) is 0 Å². The Morgan fingerprint density at radius 1 is 0.529 bits per heavy atom. The second-order valence-electron chi connectivity index (χ2n) is 21.5. The van der Waals surface area contributed by atoms with Crippen molar-refractivity contribution in [3.63, 3.8) is 0 Å². The standard InChI is InChI=1S/C64H65N3O/c1-39(2)47-36-53(40(3)4)61(68)54(37-47)62-66-60-52(48-33-49(35-50(34-48)63(7,8)9)56-38-45(30-31-65-56)43-26-24-41(5)25-27-43)21-17-23-58(60)67(62)57-29-28-46(32-42(57)6)59-51(44-18-14-13-15-19-44)20-16-22-55(59)64(10,11)12/h13-40,68H,1-12H3. The van der Waals surface area contributed by atoms with Crippen molar-refractivity contribution in [1.82, 2.24) is 14.5 Å². The van der Waals surface area contributed by atoms with Gasteiger partial charge in [0.25, 0.3) is 0 Å². The van der Waals surface area contributed by atoms with Gasteiger partial charge in [-0.3, -0.25) is 9.55 Å². The molecule has 9 aromatic rings. The minimum Gasteiger partial charge on any atom is -0.507 e. The first-order valence-corrected chi connectivity index (χ1v) is 24.3. The average Bonchev–Trinajstić information content (AvgIpc) is 3.70. The van der Waals surface area contributed by atoms with Crippen LogP contribution in [-0.4, -0.2) is 19.6 Å². The van der Waals surface area contributed by atoms with Crippen molar-refractivity contribution >= 4 is 11.0 Å². The van der Waals surface area contributed by atoms with Gasteiger partial charge in [0.2, 0.25) is 0 Å². The van der Waals surface area contributed by atoms with E-state index in [0.29, 0.717) is 5.82 Å². The molecule has 2 heterocycles. The molecule has 0 unspecified atom stereocenters. The Morgan fingerprint density at radius 3 is 1.90 bits per heavy atom. The summed E-state index contributed by atoms with van der Waals surface area (Å²) in [6, 6.07) is 55.0. The van der Waals surface area contributed by atoms with Gasteiger partial charge in [-0.1, -0.05) is 178 Å². The first kappa shape index (κ1) is 46.1. The molecule has 1 N–H and O–H groups in total. The normalized spacial score (nSPS) is 12.1. The second-order valence-corrected chi connectivity index (χ2v) is 21.5. The van der Waals surface area contributed by atoms with Gasteiger partial charge in [-0.2, -0.15) is 0 Å². The summed E-state index contributed by atoms with van der Waals surface area (Å²) in [4.78, 5) is 10.6. The van der Waals surface area contributed by atoms with Crippen molar-refractivity contribution in [2.75, 3.05) is 0 Å². The fourth-order valence-electron chi connectivity index (χ4n) is 9.67. The van der Waals surface area contributed by atoms with E-state index in [4.69, 9.17) is 9.97 Å². The lowest BCUT2D eigenvalue weighted by Gasteiger charge is -2.26. The zero-order chi connectivity index (χ0) is 48.2. The molecule has 0 saturated heterocycles. The highest BCUT2D eigenvalue weighted by molar-refractivity contribution is 5.97. The molecule has 342 valence electrons. The molecule has 0 radical (unpaired) electrons. The van der Waals surface area contributed by atoms with Gasteiger partial charge in [-0.05, 0) is 152 Å². The number of phenols is 1. The number of phenolic OH excluding ortho intramolecular Hbond substituents is 1. The molecule has 4 heteroatoms. The van der Waals surface area contributed by atoms with Crippen molar-refractivity contribution in [3.8, 4) is 78.6 Å². The number of benzene rings is 7. The van der Waals surface area contributed by atoms with E-state index in [1.165, 1.54) is 44.5 Å². The monoisotopic (exact) mass is 892 g/mol. The summed E-state index contributed by atoms with van der Waals surface area (Å²) < 4.78 is 2.29. The lowest BCUT2D eigenvalue weighted by molar-refractivity contribution is 0.466. The zero-order valence-corrected chi connectivity index (χ0v) is 42.0. The number of aromatic hydroxyl groups is 1. The number of aryl methyl sites for hydroxylation is 2. The van der Waals surface area contributed by atoms with E-state index in [0.717, 1.165) is 66.9 Å². The fourth-order valence-corrected chi connectivity index (χ4v) is 9.67. The number of fused-ring (bicyclic) bond motifs is 1. The summed E-state index contributed by atoms with van der Waals surface area (Å²) in [5.74, 6) is 1.35. The third kappa shape index (κ3) is 8.81. The summed E-state index contributed by atoms with van der Waals surface area (Å²) in [7, 11) is 0. The maximum Gasteiger partial charge on any atom is 0.149 e. The molecule has 4 nitrogen and oxygen atoms in total. The van der Waals surface area contributed by atoms with Crippen molar-refractivity contribution < 1.29 is 5.11 Å². The number of para-hydroxylation sites is 1. The van der Waals surface area contributed by atoms with Crippen LogP contribution >= 0.6 is 0 Å². The van der Waals surface area contributed by atoms with Crippen molar-refractivity contribution in [2.24, 2.45) is 0 Å². The Kier molecular flexibility index (Phi) is 12.1. The highest BCUT2D eigenvalue weighted by Gasteiger charge is 2.27. The number of aromatic nitrogens is 3. The average molecular weight is 892 g/mol. The van der Waals surface area contributed by atoms with Crippen LogP contribution in [0.4, 0.5) is 0 Å². The molecule has 0 fully saturated rings. The van der Waals surface area contributed by atoms with Gasteiger partial charge in [0.15, 0.2) is 0 Å². The summed E-state index contributed by atoms with van der Waals surface area (Å²) in [5.41, 5.74) is 21.5. The van der Waals surface area contributed by atoms with Crippen LogP contribution in [0.2, 0.25) is 0 Å². The minimum absolute atomic E-state index is 0.0893. The lowest BCUT2D eigenvalue weighted by Crippen LogP contribution is -2.13. The van der Waals surface area contributed by atoms with Crippen LogP contribution in [0.5, 0.6) is 5.75 Å². The highest BCUT2D eigenvalue weighted by Crippen LogP contribution is 2.45. The zero-order valence-electron chi connectivity index (χ0n) is 42.0. The number of hydrogen-bond donors (Lipinski definition) is 1. The van der Waals surface area contributed by atoms with Crippen molar-refractivity contribution in [1.29, 1.82) is 0 Å². The van der Waals surface area contributed by atoms with E-state index < -0.39 is 0 Å². The van der Waals surface area contributed by atoms with Gasteiger partial charge in [0.1, 0.15) is 11.6 Å². The lowest BCUT2D eigenvalue weighted by atomic mass is 9.78. The number of rotatable bonds is 9. The molecule has 0 aliphatic rings. The van der Waals surface area contributed by atoms with Gasteiger partial charge in [0.05, 0.1) is 28.0 Å². The van der Waals surface area contributed by atoms with Crippen LogP contribution in [0.1, 0.15) is 114 Å². The number of hydrogen-bond acceptors (Lipinski definition) is 3. The largest absolute Gasteiger partial charge is 0.507 e. The van der Waals surface area contributed by atoms with Crippen LogP contribution in [-0.2, 0) is 10.8 Å². The van der Waals surface area contributed by atoms with E-state index in [-0.39, 0.29) is 28.4 Å². The molecule has 0 amide bonds. The van der Waals surface area contributed by atoms with Gasteiger partial charge in [0, 0.05) is 17.3 Å². The molecule has 0 spiro atoms. The fraction of sp³-hybridized carbons (Fsp3) is 0.250. The molecular weight excluding hydrogens is 827 g/mol. The molecule has 7 aromatic carbocycles. The van der Waals surface area contributed by atoms with E-state index >= 15 is 0 Å². The maximum atomic E-state index is 12.4. The van der Waals surface area contributed by atoms with Crippen molar-refractivity contribution in [3.05, 3.63) is 191 Å². The molecule has 9 rings (SSSR count). The second kappa shape index (κ2) is 17.9. The quantitative estimate of drug-likeness (QED) is 0.157. The molecule has 0 bridgehead atoms. The van der Waals surface area contributed by atoms with Gasteiger partial charge >= 0.3 is 0 Å². The predicted molar refractivity (Wildman–Crippen MR) is 288 cm³/mol. The number of nitrogens with zero attached hydrogens (tertiary/aromatic N) is 3. The summed E-state index contributed by atoms with van der Waals surface area (Å²) in [6.45, 7) is 26.8. The highest BCUT2D eigenvalue weighted by atomic mass is 16.3. The third-order valence-corrected chi connectivity index (χ3v) is 13.6. The SMILES string of the molecule is Cc1ccc(-c2ccnc(-c3cc(-c4cccc5c4nc(-c4cc(C(C)C)cc(C(C)C)c4O)n5-c4ccc(-c5c(-c6ccccc6)cccc5C(C)(C)C)cc4C)cc(C(C)(C)C)c3)c2)cc1. The van der Waals surface area contributed by atoms with Crippen molar-refractivity contribution in [2.45, 2.75) is 106 Å². The smallest absolute Gasteiger partial charge is 0.149 e. The van der Waals surface area contributed by atoms with Crippen LogP contribution in [0.25, 0.3) is 83.9 Å². The van der Waals surface area contributed by atoms with E-state index in [2.05, 4.69) is 239 Å². The first-order chi connectivity index (χ1) is 32.4. The number of pyridine rings is 1. The summed E-state index contributed by atoms with van der Waals surface area (Å²) in [6.07, 6.45) is 1.92. The van der Waals surface area contributed by atoms with Crippen LogP contribution in [0, 0.1) is 13.8 Å². The topological polar surface area (TPSA) is 50.9 Å². The molecule has 0 saturated carbocycles. The molecular formula is C64H65N3O. The Balaban J connectivity index is 1.30. The Bertz CT molecular complexity index is 3320. The van der Waals surface area contributed by atoms with E-state index in [1.807, 2.05) is 6.20 Å². The van der Waals surface area contributed by atoms with Crippen LogP contribution in [0.15, 0.2) is 158 Å². The number of imidazole rings is 1. The Labute approximate surface area is 404 Å². The predicted octanol–water partition coefficient (Wildman–Crippen LogP) is 17.6. The van der Waals surface area contributed by atoms with E-state index in [9.17, 15) is 5.11 Å². The molecule has 2 aromatic heterocycles. The van der Waals surface area contributed by atoms with Gasteiger partial charge < -0.3 is 5.11 Å². The van der Waals surface area contributed by atoms with Gasteiger partial charge in [-0.15, -0.1) is 0 Å². The van der Waals surface area contributed by atoms with Crippen LogP contribution in [0.3, 0.4) is 0 Å². The third-order valence-electron chi connectivity index (χ3n) is 13.6. The molecule has 68 heavy (non-hydrogen) atoms. The first-order valence-electron chi connectivity index (χ1n) is 24.3. The molecule has 0 aliphatic carbocycles. The Morgan fingerprint density at radius 2 is 1.22 bits per heavy atom. The molecule has 0 atom stereocenters. The maximum absolute atomic E-state index is 12.4. The summed E-state index contributed by atoms with van der Waals surface area (Å²) >= 11 is 0. The van der Waals surface area contributed by atoms with Gasteiger partial charge in [-0.25, -0.2) is 4.98 Å². The van der Waals surface area contributed by atoms with Crippen LogP contribution < -0.4 is 0 Å². The minimum atomic E-state index is -0.140. The molecule has 0 aliphatic heterocycles.